The first-order chi connectivity index (χ1) is 7.34. The number of rotatable bonds is 0. The summed E-state index contributed by atoms with van der Waals surface area (Å²) < 4.78 is 12.0. The zero-order valence-electron chi connectivity index (χ0n) is 8.17. The number of carbonyl (C=O) groups excluding carboxylic acids is 1. The highest BCUT2D eigenvalue weighted by Crippen LogP contribution is 2.66. The van der Waals surface area contributed by atoms with Gasteiger partial charge in [-0.1, -0.05) is 11.8 Å². The van der Waals surface area contributed by atoms with Crippen LogP contribution in [0.2, 0.25) is 0 Å². The van der Waals surface area contributed by atoms with Crippen molar-refractivity contribution in [1.82, 2.24) is 0 Å². The summed E-state index contributed by atoms with van der Waals surface area (Å²) in [6.07, 6.45) is 2.94. The monoisotopic (exact) mass is 224 g/mol. The van der Waals surface area contributed by atoms with Gasteiger partial charge in [-0.15, -0.1) is 0 Å². The Labute approximate surface area is 91.9 Å². The second kappa shape index (κ2) is 2.29. The molecule has 3 nitrogen and oxygen atoms in total. The first-order valence-electron chi connectivity index (χ1n) is 5.85. The summed E-state index contributed by atoms with van der Waals surface area (Å²) in [5.74, 6) is 1.92. The van der Waals surface area contributed by atoms with Crippen molar-refractivity contribution in [3.05, 3.63) is 0 Å². The van der Waals surface area contributed by atoms with Crippen molar-refractivity contribution in [2.75, 3.05) is 0 Å². The van der Waals surface area contributed by atoms with E-state index in [4.69, 9.17) is 9.47 Å². The Kier molecular flexibility index (Phi) is 1.23. The molecule has 0 N–H and O–H groups in total. The first-order valence-corrected chi connectivity index (χ1v) is 6.79. The molecule has 0 aromatic carbocycles. The lowest BCUT2D eigenvalue weighted by molar-refractivity contribution is -0.126. The number of Topliss-reactive ketones (excluding diaryl/α,β-unsaturated/α-hetero) is 1. The maximum atomic E-state index is 12.3. The van der Waals surface area contributed by atoms with Crippen LogP contribution < -0.4 is 0 Å². The van der Waals surface area contributed by atoms with Gasteiger partial charge in [-0.05, 0) is 12.8 Å². The van der Waals surface area contributed by atoms with Crippen LogP contribution in [0.5, 0.6) is 0 Å². The predicted molar refractivity (Wildman–Crippen MR) is 53.1 cm³/mol. The highest BCUT2D eigenvalue weighted by molar-refractivity contribution is 8.00. The lowest BCUT2D eigenvalue weighted by Crippen LogP contribution is -2.36. The number of carbonyl (C=O) groups is 1. The molecule has 80 valence electrons. The fourth-order valence-corrected chi connectivity index (χ4v) is 6.23. The van der Waals surface area contributed by atoms with Gasteiger partial charge in [-0.3, -0.25) is 4.79 Å². The summed E-state index contributed by atoms with van der Waals surface area (Å²) >= 11 is 1.78. The smallest absolute Gasteiger partial charge is 0.146 e. The Balaban J connectivity index is 1.77. The second-order valence-corrected chi connectivity index (χ2v) is 6.61. The Morgan fingerprint density at radius 1 is 1.00 bits per heavy atom. The third-order valence-corrected chi connectivity index (χ3v) is 6.34. The van der Waals surface area contributed by atoms with Crippen LogP contribution in [0.15, 0.2) is 0 Å². The molecule has 2 saturated carbocycles. The normalized spacial score (nSPS) is 68.1. The van der Waals surface area contributed by atoms with E-state index in [-0.39, 0.29) is 22.7 Å². The van der Waals surface area contributed by atoms with Crippen molar-refractivity contribution in [3.63, 3.8) is 0 Å². The van der Waals surface area contributed by atoms with Crippen molar-refractivity contribution in [2.24, 2.45) is 23.7 Å². The van der Waals surface area contributed by atoms with E-state index in [9.17, 15) is 4.79 Å². The molecule has 5 aliphatic rings. The van der Waals surface area contributed by atoms with Crippen LogP contribution in [0.1, 0.15) is 12.8 Å². The Morgan fingerprint density at radius 3 is 2.07 bits per heavy atom. The SMILES string of the molecule is O=C1[C@@H]2[C@@H]3[C@H]4[C@H]1[C@H]1O[C@@H]4CC[C@@H]3O[C@@H]2S1. The fourth-order valence-electron chi connectivity index (χ4n) is 4.58. The third-order valence-electron chi connectivity index (χ3n) is 5.00. The molecular formula is C11H12O3S. The summed E-state index contributed by atoms with van der Waals surface area (Å²) in [5, 5.41) is 0. The summed E-state index contributed by atoms with van der Waals surface area (Å²) in [5.41, 5.74) is 0.246. The minimum absolute atomic E-state index is 0.123. The Bertz CT molecular complexity index is 339. The van der Waals surface area contributed by atoms with Gasteiger partial charge in [0.25, 0.3) is 0 Å². The van der Waals surface area contributed by atoms with Crippen molar-refractivity contribution in [3.8, 4) is 0 Å². The molecule has 0 amide bonds. The summed E-state index contributed by atoms with van der Waals surface area (Å²) in [7, 11) is 0. The van der Waals surface area contributed by atoms with Crippen molar-refractivity contribution in [1.29, 1.82) is 0 Å². The van der Waals surface area contributed by atoms with E-state index < -0.39 is 0 Å². The molecule has 0 aromatic rings. The predicted octanol–water partition coefficient (Wildman–Crippen LogP) is 1.02. The first kappa shape index (κ1) is 8.09. The maximum Gasteiger partial charge on any atom is 0.146 e. The molecule has 3 heterocycles. The number of ether oxygens (including phenoxy) is 2. The van der Waals surface area contributed by atoms with E-state index >= 15 is 0 Å². The highest BCUT2D eigenvalue weighted by atomic mass is 32.2. The lowest BCUT2D eigenvalue weighted by atomic mass is 9.75. The molecule has 0 radical (unpaired) electrons. The average molecular weight is 224 g/mol. The average Bonchev–Trinajstić information content (AvgIpc) is 2.79. The quantitative estimate of drug-likeness (QED) is 0.615. The third kappa shape index (κ3) is 0.709. The summed E-state index contributed by atoms with van der Waals surface area (Å²) in [4.78, 5) is 12.3. The maximum absolute atomic E-state index is 12.3. The Morgan fingerprint density at radius 2 is 1.53 bits per heavy atom. The molecule has 3 saturated heterocycles. The van der Waals surface area contributed by atoms with Gasteiger partial charge in [0, 0.05) is 11.8 Å². The van der Waals surface area contributed by atoms with E-state index in [2.05, 4.69) is 0 Å². The van der Waals surface area contributed by atoms with Crippen LogP contribution in [0.25, 0.3) is 0 Å². The van der Waals surface area contributed by atoms with Crippen LogP contribution in [-0.4, -0.2) is 28.9 Å². The molecule has 5 rings (SSSR count). The molecule has 8 atom stereocenters. The molecule has 15 heavy (non-hydrogen) atoms. The van der Waals surface area contributed by atoms with Crippen LogP contribution in [0.4, 0.5) is 0 Å². The van der Waals surface area contributed by atoms with Gasteiger partial charge in [-0.25, -0.2) is 0 Å². The van der Waals surface area contributed by atoms with E-state index in [0.717, 1.165) is 12.8 Å². The standard InChI is InChI=1S/C11H12O3S/c12-9-7-5-3-1-2-4-6(5)8(9)11(14-4)15-10(7)13-3/h3-8,10-11H,1-2H2/t3-,4+,5-,6-,7-,8+,10+,11-/m0/s1. The second-order valence-electron chi connectivity index (χ2n) is 5.41. The number of ketones is 1. The molecule has 0 unspecified atom stereocenters. The van der Waals surface area contributed by atoms with E-state index in [1.54, 1.807) is 11.8 Å². The minimum atomic E-state index is 0.123. The van der Waals surface area contributed by atoms with Crippen LogP contribution >= 0.6 is 11.8 Å². The molecule has 4 heteroatoms. The number of hydrogen-bond acceptors (Lipinski definition) is 4. The topological polar surface area (TPSA) is 35.5 Å². The van der Waals surface area contributed by atoms with E-state index in [1.165, 1.54) is 0 Å². The molecule has 2 bridgehead atoms. The van der Waals surface area contributed by atoms with Crippen molar-refractivity contribution < 1.29 is 14.3 Å². The van der Waals surface area contributed by atoms with Gasteiger partial charge in [0.05, 0.1) is 24.0 Å². The van der Waals surface area contributed by atoms with E-state index in [0.29, 0.717) is 29.8 Å². The molecule has 2 aliphatic carbocycles. The van der Waals surface area contributed by atoms with Gasteiger partial charge >= 0.3 is 0 Å². The van der Waals surface area contributed by atoms with Gasteiger partial charge in [0.1, 0.15) is 16.7 Å². The largest absolute Gasteiger partial charge is 0.363 e. The Hall–Kier alpha value is -0.0600. The van der Waals surface area contributed by atoms with Crippen LogP contribution in [-0.2, 0) is 14.3 Å². The molecule has 3 aliphatic heterocycles. The molecule has 0 spiro atoms. The molecule has 5 fully saturated rings. The molecular weight excluding hydrogens is 212 g/mol. The van der Waals surface area contributed by atoms with Gasteiger partial charge < -0.3 is 9.47 Å². The summed E-state index contributed by atoms with van der Waals surface area (Å²) in [6.45, 7) is 0. The minimum Gasteiger partial charge on any atom is -0.363 e. The van der Waals surface area contributed by atoms with Crippen molar-refractivity contribution in [2.45, 2.75) is 35.9 Å². The van der Waals surface area contributed by atoms with E-state index in [1.807, 2.05) is 0 Å². The van der Waals surface area contributed by atoms with Crippen LogP contribution in [0, 0.1) is 23.7 Å². The van der Waals surface area contributed by atoms with Crippen molar-refractivity contribution >= 4 is 17.5 Å². The fraction of sp³-hybridized carbons (Fsp3) is 0.909. The molecule has 0 aromatic heterocycles. The van der Waals surface area contributed by atoms with Gasteiger partial charge in [0.15, 0.2) is 0 Å². The zero-order chi connectivity index (χ0) is 9.73. The number of thioether (sulfide) groups is 1. The lowest BCUT2D eigenvalue weighted by Gasteiger charge is -2.32. The highest BCUT2D eigenvalue weighted by Gasteiger charge is 2.72. The van der Waals surface area contributed by atoms with Crippen LogP contribution in [0.3, 0.4) is 0 Å². The van der Waals surface area contributed by atoms with Gasteiger partial charge in [0.2, 0.25) is 0 Å². The zero-order valence-corrected chi connectivity index (χ0v) is 8.98. The van der Waals surface area contributed by atoms with Gasteiger partial charge in [-0.2, -0.15) is 0 Å². The summed E-state index contributed by atoms with van der Waals surface area (Å²) in [6, 6.07) is 0. The number of hydrogen-bond donors (Lipinski definition) is 0.